The predicted molar refractivity (Wildman–Crippen MR) is 146 cm³/mol. The Kier molecular flexibility index (Phi) is 15.1. The van der Waals surface area contributed by atoms with Crippen LogP contribution in [0.25, 0.3) is 0 Å². The minimum absolute atomic E-state index is 0.0189. The molecule has 0 radical (unpaired) electrons. The Morgan fingerprint density at radius 1 is 1.13 bits per heavy atom. The van der Waals surface area contributed by atoms with Gasteiger partial charge in [0.25, 0.3) is 0 Å². The molecule has 2 fully saturated rings. The maximum atomic E-state index is 13.9. The molecule has 222 valence electrons. The van der Waals surface area contributed by atoms with Crippen LogP contribution in [0.4, 0.5) is 0 Å². The molecule has 0 saturated carbocycles. The normalized spacial score (nSPS) is 28.6. The Labute approximate surface area is 229 Å². The topological polar surface area (TPSA) is 112 Å². The van der Waals surface area contributed by atoms with E-state index >= 15 is 0 Å². The number of hydrogen-bond acceptors (Lipinski definition) is 8. The van der Waals surface area contributed by atoms with Gasteiger partial charge in [0.1, 0.15) is 18.3 Å². The number of carbonyl (C=O) groups is 2. The van der Waals surface area contributed by atoms with Crippen LogP contribution in [0.2, 0.25) is 0 Å². The Morgan fingerprint density at radius 3 is 2.50 bits per heavy atom. The van der Waals surface area contributed by atoms with Gasteiger partial charge in [-0.05, 0) is 51.0 Å². The molecule has 10 heteroatoms. The number of amides is 2. The maximum absolute atomic E-state index is 13.9. The third kappa shape index (κ3) is 11.1. The molecule has 2 N–H and O–H groups in total. The van der Waals surface area contributed by atoms with Crippen LogP contribution in [0.1, 0.15) is 66.2 Å². The van der Waals surface area contributed by atoms with Gasteiger partial charge < -0.3 is 34.2 Å². The van der Waals surface area contributed by atoms with E-state index in [1.807, 2.05) is 4.90 Å². The van der Waals surface area contributed by atoms with Crippen LogP contribution in [0.5, 0.6) is 0 Å². The van der Waals surface area contributed by atoms with Crippen molar-refractivity contribution in [3.05, 3.63) is 0 Å². The molecule has 2 saturated heterocycles. The SMILES string of the molecule is CCCN(CC(=O)N1CCCCOC[C@@H](O)[C@@H](O)[C@H](OC)CN(C(C)=O)C[C@@H]1CC(C)C)CC1CCCO1. The van der Waals surface area contributed by atoms with Crippen LogP contribution < -0.4 is 0 Å². The minimum atomic E-state index is -1.20. The van der Waals surface area contributed by atoms with Crippen molar-refractivity contribution >= 4 is 11.8 Å². The van der Waals surface area contributed by atoms with E-state index in [1.165, 1.54) is 14.0 Å². The maximum Gasteiger partial charge on any atom is 0.237 e. The second-order valence-corrected chi connectivity index (χ2v) is 11.3. The molecule has 0 spiro atoms. The van der Waals surface area contributed by atoms with Gasteiger partial charge in [0.05, 0.1) is 19.3 Å². The van der Waals surface area contributed by atoms with E-state index in [-0.39, 0.29) is 37.1 Å². The van der Waals surface area contributed by atoms with Gasteiger partial charge in [-0.2, -0.15) is 0 Å². The van der Waals surface area contributed by atoms with Gasteiger partial charge in [0.15, 0.2) is 0 Å². The average Bonchev–Trinajstić information content (AvgIpc) is 3.37. The summed E-state index contributed by atoms with van der Waals surface area (Å²) in [6.45, 7) is 12.0. The first-order chi connectivity index (χ1) is 18.2. The van der Waals surface area contributed by atoms with Gasteiger partial charge in [0.2, 0.25) is 11.8 Å². The molecule has 0 aromatic carbocycles. The Bertz CT molecular complexity index is 689. The first-order valence-corrected chi connectivity index (χ1v) is 14.5. The van der Waals surface area contributed by atoms with Crippen molar-refractivity contribution in [1.29, 1.82) is 0 Å². The largest absolute Gasteiger partial charge is 0.388 e. The van der Waals surface area contributed by atoms with Crippen molar-refractivity contribution in [2.24, 2.45) is 5.92 Å². The minimum Gasteiger partial charge on any atom is -0.388 e. The van der Waals surface area contributed by atoms with Crippen molar-refractivity contribution in [3.8, 4) is 0 Å². The fourth-order valence-electron chi connectivity index (χ4n) is 5.43. The third-order valence-electron chi connectivity index (χ3n) is 7.47. The van der Waals surface area contributed by atoms with Gasteiger partial charge in [-0.1, -0.05) is 20.8 Å². The first kappa shape index (κ1) is 32.9. The van der Waals surface area contributed by atoms with Gasteiger partial charge in [-0.3, -0.25) is 14.5 Å². The number of aliphatic hydroxyl groups is 2. The van der Waals surface area contributed by atoms with E-state index < -0.39 is 18.3 Å². The lowest BCUT2D eigenvalue weighted by atomic mass is 10.00. The van der Waals surface area contributed by atoms with Crippen LogP contribution >= 0.6 is 0 Å². The smallest absolute Gasteiger partial charge is 0.237 e. The number of hydrogen-bond donors (Lipinski definition) is 2. The van der Waals surface area contributed by atoms with Gasteiger partial charge >= 0.3 is 0 Å². The molecule has 10 nitrogen and oxygen atoms in total. The number of aliphatic hydroxyl groups excluding tert-OH is 2. The molecule has 2 rings (SSSR count). The third-order valence-corrected chi connectivity index (χ3v) is 7.47. The zero-order chi connectivity index (χ0) is 28.1. The van der Waals surface area contributed by atoms with Crippen LogP contribution in [0.15, 0.2) is 0 Å². The number of rotatable bonds is 9. The van der Waals surface area contributed by atoms with E-state index in [1.54, 1.807) is 4.90 Å². The quantitative estimate of drug-likeness (QED) is 0.450. The molecule has 2 amide bonds. The van der Waals surface area contributed by atoms with Gasteiger partial charge in [-0.15, -0.1) is 0 Å². The van der Waals surface area contributed by atoms with Crippen molar-refractivity contribution in [2.45, 2.75) is 96.7 Å². The number of ether oxygens (including phenoxy) is 3. The van der Waals surface area contributed by atoms with Crippen molar-refractivity contribution in [1.82, 2.24) is 14.7 Å². The fourth-order valence-corrected chi connectivity index (χ4v) is 5.43. The average molecular weight is 544 g/mol. The highest BCUT2D eigenvalue weighted by Gasteiger charge is 2.33. The second kappa shape index (κ2) is 17.4. The highest BCUT2D eigenvalue weighted by atomic mass is 16.5. The van der Waals surface area contributed by atoms with E-state index in [0.29, 0.717) is 32.2 Å². The summed E-state index contributed by atoms with van der Waals surface area (Å²) in [5.74, 6) is 0.220. The standard InChI is InChI=1S/C28H53N3O7/c1-6-11-29(17-24-10-9-14-38-24)19-27(34)31-12-7-8-13-37-20-25(33)28(35)26(36-5)18-30(22(4)32)16-23(31)15-21(2)3/h21,23-26,28,33,35H,6-20H2,1-5H3/t23-,24?,25+,26+,28+/m0/s1. The first-order valence-electron chi connectivity index (χ1n) is 14.5. The summed E-state index contributed by atoms with van der Waals surface area (Å²) in [5, 5.41) is 21.1. The molecule has 5 atom stereocenters. The summed E-state index contributed by atoms with van der Waals surface area (Å²) >= 11 is 0. The highest BCUT2D eigenvalue weighted by Crippen LogP contribution is 2.19. The molecule has 0 aromatic heterocycles. The predicted octanol–water partition coefficient (Wildman–Crippen LogP) is 1.52. The summed E-state index contributed by atoms with van der Waals surface area (Å²) in [7, 11) is 1.46. The fraction of sp³-hybridized carbons (Fsp3) is 0.929. The molecule has 2 heterocycles. The second-order valence-electron chi connectivity index (χ2n) is 11.3. The molecule has 0 aromatic rings. The monoisotopic (exact) mass is 543 g/mol. The van der Waals surface area contributed by atoms with Gasteiger partial charge in [-0.25, -0.2) is 0 Å². The van der Waals surface area contributed by atoms with Crippen LogP contribution in [0, 0.1) is 5.92 Å². The zero-order valence-electron chi connectivity index (χ0n) is 24.3. The Morgan fingerprint density at radius 2 is 1.89 bits per heavy atom. The summed E-state index contributed by atoms with van der Waals surface area (Å²) in [5.41, 5.74) is 0. The van der Waals surface area contributed by atoms with E-state index in [2.05, 4.69) is 25.7 Å². The molecule has 1 unspecified atom stereocenters. The molecule has 38 heavy (non-hydrogen) atoms. The van der Waals surface area contributed by atoms with Crippen LogP contribution in [-0.2, 0) is 23.8 Å². The van der Waals surface area contributed by atoms with Gasteiger partial charge in [0, 0.05) is 59.5 Å². The lowest BCUT2D eigenvalue weighted by Crippen LogP contribution is -2.54. The number of methoxy groups -OCH3 is 1. The van der Waals surface area contributed by atoms with E-state index in [9.17, 15) is 19.8 Å². The summed E-state index contributed by atoms with van der Waals surface area (Å²) in [6.07, 6.45) is 2.35. The Balaban J connectivity index is 2.29. The number of nitrogens with zero attached hydrogens (tertiary/aromatic N) is 3. The molecular weight excluding hydrogens is 490 g/mol. The van der Waals surface area contributed by atoms with E-state index in [4.69, 9.17) is 14.2 Å². The molecule has 2 aliphatic heterocycles. The van der Waals surface area contributed by atoms with Crippen molar-refractivity contribution in [3.63, 3.8) is 0 Å². The summed E-state index contributed by atoms with van der Waals surface area (Å²) < 4.78 is 17.0. The zero-order valence-corrected chi connectivity index (χ0v) is 24.3. The van der Waals surface area contributed by atoms with Crippen LogP contribution in [0.3, 0.4) is 0 Å². The Hall–Kier alpha value is -1.30. The summed E-state index contributed by atoms with van der Waals surface area (Å²) in [4.78, 5) is 32.4. The van der Waals surface area contributed by atoms with Crippen molar-refractivity contribution in [2.75, 3.05) is 66.2 Å². The molecule has 0 bridgehead atoms. The lowest BCUT2D eigenvalue weighted by molar-refractivity contribution is -0.143. The van der Waals surface area contributed by atoms with E-state index in [0.717, 1.165) is 58.2 Å². The van der Waals surface area contributed by atoms with Crippen LogP contribution in [-0.4, -0.2) is 133 Å². The molecule has 2 aliphatic rings. The summed E-state index contributed by atoms with van der Waals surface area (Å²) in [6, 6.07) is -0.180. The van der Waals surface area contributed by atoms with Crippen molar-refractivity contribution < 1.29 is 34.0 Å². The molecule has 0 aliphatic carbocycles. The number of carbonyl (C=O) groups excluding carboxylic acids is 2. The highest BCUT2D eigenvalue weighted by molar-refractivity contribution is 5.79. The molecular formula is C28H53N3O7. The lowest BCUT2D eigenvalue weighted by Gasteiger charge is -2.39.